The molecule has 2 nitrogen and oxygen atoms in total. The molecule has 0 heterocycles. The third kappa shape index (κ3) is 2.90. The van der Waals surface area contributed by atoms with E-state index in [0.29, 0.717) is 0 Å². The Labute approximate surface area is 127 Å². The zero-order valence-corrected chi connectivity index (χ0v) is 13.0. The van der Waals surface area contributed by atoms with E-state index >= 15 is 0 Å². The molecule has 1 saturated carbocycles. The first-order valence-electron chi connectivity index (χ1n) is 7.81. The van der Waals surface area contributed by atoms with Crippen LogP contribution in [0, 0.1) is 0 Å². The van der Waals surface area contributed by atoms with Crippen LogP contribution in [0.1, 0.15) is 31.2 Å². The van der Waals surface area contributed by atoms with E-state index in [1.807, 2.05) is 0 Å². The Morgan fingerprint density at radius 3 is 2.29 bits per heavy atom. The lowest BCUT2D eigenvalue weighted by Gasteiger charge is -2.32. The van der Waals surface area contributed by atoms with E-state index in [9.17, 15) is 0 Å². The number of anilines is 2. The first-order valence-corrected chi connectivity index (χ1v) is 7.81. The molecule has 2 aromatic rings. The topological polar surface area (TPSA) is 15.3 Å². The third-order valence-electron chi connectivity index (χ3n) is 4.53. The van der Waals surface area contributed by atoms with Crippen molar-refractivity contribution in [3.63, 3.8) is 0 Å². The average Bonchev–Trinajstić information content (AvgIpc) is 2.98. The standard InChI is InChI=1S/C19H24N2/c1-21(2)18-12-8-11-17(15-18)20-19(13-6-7-14-19)16-9-4-3-5-10-16/h3-5,8-12,15,20H,6-7,13-14H2,1-2H3. The molecule has 0 aliphatic heterocycles. The van der Waals surface area contributed by atoms with Gasteiger partial charge in [-0.05, 0) is 36.6 Å². The molecule has 0 radical (unpaired) electrons. The number of hydrogen-bond acceptors (Lipinski definition) is 2. The van der Waals surface area contributed by atoms with Crippen molar-refractivity contribution >= 4 is 11.4 Å². The molecule has 1 aliphatic carbocycles. The lowest BCUT2D eigenvalue weighted by molar-refractivity contribution is 0.509. The van der Waals surface area contributed by atoms with Crippen LogP contribution in [0.5, 0.6) is 0 Å². The third-order valence-corrected chi connectivity index (χ3v) is 4.53. The van der Waals surface area contributed by atoms with Gasteiger partial charge in [0.05, 0.1) is 5.54 Å². The number of nitrogens with zero attached hydrogens (tertiary/aromatic N) is 1. The van der Waals surface area contributed by atoms with E-state index in [1.54, 1.807) is 0 Å². The van der Waals surface area contributed by atoms with Crippen molar-refractivity contribution in [2.45, 2.75) is 31.2 Å². The molecule has 0 aromatic heterocycles. The minimum absolute atomic E-state index is 0.103. The second-order valence-electron chi connectivity index (χ2n) is 6.22. The summed E-state index contributed by atoms with van der Waals surface area (Å²) in [6.07, 6.45) is 5.02. The van der Waals surface area contributed by atoms with Crippen molar-refractivity contribution in [3.05, 3.63) is 60.2 Å². The van der Waals surface area contributed by atoms with Crippen LogP contribution in [-0.4, -0.2) is 14.1 Å². The second kappa shape index (κ2) is 5.80. The molecule has 21 heavy (non-hydrogen) atoms. The van der Waals surface area contributed by atoms with Gasteiger partial charge in [-0.3, -0.25) is 0 Å². The van der Waals surface area contributed by atoms with E-state index < -0.39 is 0 Å². The minimum atomic E-state index is 0.103. The van der Waals surface area contributed by atoms with Crippen molar-refractivity contribution in [2.24, 2.45) is 0 Å². The molecule has 2 heteroatoms. The van der Waals surface area contributed by atoms with Gasteiger partial charge in [-0.1, -0.05) is 49.2 Å². The zero-order chi connectivity index (χ0) is 14.7. The first-order chi connectivity index (χ1) is 10.2. The molecule has 2 aromatic carbocycles. The molecule has 1 N–H and O–H groups in total. The Kier molecular flexibility index (Phi) is 3.87. The minimum Gasteiger partial charge on any atom is -0.378 e. The molecule has 0 unspecified atom stereocenters. The van der Waals surface area contributed by atoms with Crippen molar-refractivity contribution < 1.29 is 0 Å². The van der Waals surface area contributed by atoms with Crippen molar-refractivity contribution in [1.82, 2.24) is 0 Å². The van der Waals surface area contributed by atoms with E-state index in [2.05, 4.69) is 78.9 Å². The summed E-state index contributed by atoms with van der Waals surface area (Å²) in [5.74, 6) is 0. The fourth-order valence-corrected chi connectivity index (χ4v) is 3.36. The number of hydrogen-bond donors (Lipinski definition) is 1. The van der Waals surface area contributed by atoms with Gasteiger partial charge in [0.2, 0.25) is 0 Å². The van der Waals surface area contributed by atoms with Gasteiger partial charge in [0.25, 0.3) is 0 Å². The Hall–Kier alpha value is -1.96. The smallest absolute Gasteiger partial charge is 0.0625 e. The summed E-state index contributed by atoms with van der Waals surface area (Å²) in [4.78, 5) is 2.15. The summed E-state index contributed by atoms with van der Waals surface area (Å²) in [6.45, 7) is 0. The van der Waals surface area contributed by atoms with Gasteiger partial charge in [-0.2, -0.15) is 0 Å². The van der Waals surface area contributed by atoms with Gasteiger partial charge in [-0.15, -0.1) is 0 Å². The predicted molar refractivity (Wildman–Crippen MR) is 91.0 cm³/mol. The number of nitrogens with one attached hydrogen (secondary N) is 1. The Balaban J connectivity index is 1.91. The number of benzene rings is 2. The molecule has 110 valence electrons. The van der Waals surface area contributed by atoms with Crippen LogP contribution >= 0.6 is 0 Å². The summed E-state index contributed by atoms with van der Waals surface area (Å²) in [7, 11) is 4.17. The van der Waals surface area contributed by atoms with Gasteiger partial charge in [0.1, 0.15) is 0 Å². The highest BCUT2D eigenvalue weighted by molar-refractivity contribution is 5.59. The Bertz CT molecular complexity index is 584. The largest absolute Gasteiger partial charge is 0.378 e. The predicted octanol–water partition coefficient (Wildman–Crippen LogP) is 4.63. The van der Waals surface area contributed by atoms with Crippen LogP contribution in [0.3, 0.4) is 0 Å². The fourth-order valence-electron chi connectivity index (χ4n) is 3.36. The maximum absolute atomic E-state index is 3.84. The van der Waals surface area contributed by atoms with Crippen LogP contribution in [-0.2, 0) is 5.54 Å². The maximum Gasteiger partial charge on any atom is 0.0625 e. The molecule has 0 atom stereocenters. The number of rotatable bonds is 4. The van der Waals surface area contributed by atoms with Crippen LogP contribution in [0.4, 0.5) is 11.4 Å². The maximum atomic E-state index is 3.84. The molecule has 0 saturated heterocycles. The summed E-state index contributed by atoms with van der Waals surface area (Å²) in [6, 6.07) is 19.6. The average molecular weight is 280 g/mol. The summed E-state index contributed by atoms with van der Waals surface area (Å²) in [5.41, 5.74) is 3.97. The molecule has 3 rings (SSSR count). The van der Waals surface area contributed by atoms with E-state index in [1.165, 1.54) is 42.6 Å². The molecular formula is C19H24N2. The summed E-state index contributed by atoms with van der Waals surface area (Å²) >= 11 is 0. The van der Waals surface area contributed by atoms with E-state index in [4.69, 9.17) is 0 Å². The van der Waals surface area contributed by atoms with Crippen LogP contribution in [0.15, 0.2) is 54.6 Å². The highest BCUT2D eigenvalue weighted by Crippen LogP contribution is 2.41. The van der Waals surface area contributed by atoms with Gasteiger partial charge in [0, 0.05) is 25.5 Å². The van der Waals surface area contributed by atoms with E-state index in [-0.39, 0.29) is 5.54 Å². The van der Waals surface area contributed by atoms with Crippen LogP contribution < -0.4 is 10.2 Å². The fraction of sp³-hybridized carbons (Fsp3) is 0.368. The van der Waals surface area contributed by atoms with Crippen LogP contribution in [0.2, 0.25) is 0 Å². The van der Waals surface area contributed by atoms with Gasteiger partial charge in [0.15, 0.2) is 0 Å². The van der Waals surface area contributed by atoms with Gasteiger partial charge >= 0.3 is 0 Å². The first kappa shape index (κ1) is 14.0. The molecule has 1 aliphatic rings. The second-order valence-corrected chi connectivity index (χ2v) is 6.22. The highest BCUT2D eigenvalue weighted by Gasteiger charge is 2.35. The SMILES string of the molecule is CN(C)c1cccc(NC2(c3ccccc3)CCCC2)c1. The molecule has 0 bridgehead atoms. The Morgan fingerprint density at radius 2 is 1.62 bits per heavy atom. The summed E-state index contributed by atoms with van der Waals surface area (Å²) < 4.78 is 0. The van der Waals surface area contributed by atoms with Crippen molar-refractivity contribution in [3.8, 4) is 0 Å². The molecule has 0 amide bonds. The van der Waals surface area contributed by atoms with Crippen LogP contribution in [0.25, 0.3) is 0 Å². The van der Waals surface area contributed by atoms with E-state index in [0.717, 1.165) is 0 Å². The molecular weight excluding hydrogens is 256 g/mol. The van der Waals surface area contributed by atoms with Crippen molar-refractivity contribution in [1.29, 1.82) is 0 Å². The normalized spacial score (nSPS) is 16.7. The quantitative estimate of drug-likeness (QED) is 0.878. The zero-order valence-electron chi connectivity index (χ0n) is 13.0. The van der Waals surface area contributed by atoms with Crippen molar-refractivity contribution in [2.75, 3.05) is 24.3 Å². The van der Waals surface area contributed by atoms with Gasteiger partial charge < -0.3 is 10.2 Å². The molecule has 0 spiro atoms. The van der Waals surface area contributed by atoms with Gasteiger partial charge in [-0.25, -0.2) is 0 Å². The lowest BCUT2D eigenvalue weighted by atomic mass is 9.88. The lowest BCUT2D eigenvalue weighted by Crippen LogP contribution is -2.32. The monoisotopic (exact) mass is 280 g/mol. The molecule has 1 fully saturated rings. The summed E-state index contributed by atoms with van der Waals surface area (Å²) in [5, 5.41) is 3.84. The Morgan fingerprint density at radius 1 is 0.905 bits per heavy atom. The highest BCUT2D eigenvalue weighted by atomic mass is 15.1.